The van der Waals surface area contributed by atoms with Gasteiger partial charge in [-0.05, 0) is 6.92 Å². The minimum Gasteiger partial charge on any atom is -0.342 e. The van der Waals surface area contributed by atoms with Crippen molar-refractivity contribution in [3.8, 4) is 0 Å². The Morgan fingerprint density at radius 2 is 1.92 bits per heavy atom. The fourth-order valence-electron chi connectivity index (χ4n) is 1.65. The van der Waals surface area contributed by atoms with Crippen LogP contribution >= 0.6 is 0 Å². The van der Waals surface area contributed by atoms with Gasteiger partial charge in [0, 0.05) is 31.3 Å². The van der Waals surface area contributed by atoms with E-state index in [2.05, 4.69) is 0 Å². The second kappa shape index (κ2) is 3.90. The molecule has 0 bridgehead atoms. The monoisotopic (exact) mass is 183 g/mol. The minimum absolute atomic E-state index is 0.0817. The van der Waals surface area contributed by atoms with Crippen LogP contribution in [-0.2, 0) is 9.59 Å². The van der Waals surface area contributed by atoms with Crippen LogP contribution in [0.3, 0.4) is 0 Å². The van der Waals surface area contributed by atoms with E-state index in [1.54, 1.807) is 6.92 Å². The lowest BCUT2D eigenvalue weighted by Crippen LogP contribution is -2.51. The van der Waals surface area contributed by atoms with Gasteiger partial charge in [-0.25, -0.2) is 0 Å². The van der Waals surface area contributed by atoms with Crippen molar-refractivity contribution in [2.24, 2.45) is 11.8 Å². The highest BCUT2D eigenvalue weighted by Gasteiger charge is 2.31. The Balaban J connectivity index is 2.25. The molecule has 3 nitrogen and oxygen atoms in total. The van der Waals surface area contributed by atoms with Crippen LogP contribution < -0.4 is 0 Å². The first-order valence-corrected chi connectivity index (χ1v) is 4.79. The van der Waals surface area contributed by atoms with Crippen LogP contribution in [0.1, 0.15) is 27.2 Å². The predicted octanol–water partition coefficient (Wildman–Crippen LogP) is 1.08. The highest BCUT2D eigenvalue weighted by Crippen LogP contribution is 2.21. The zero-order chi connectivity index (χ0) is 10.0. The highest BCUT2D eigenvalue weighted by atomic mass is 16.2. The quantitative estimate of drug-likeness (QED) is 0.656. The number of hydrogen-bond acceptors (Lipinski definition) is 2. The first kappa shape index (κ1) is 10.2. The summed E-state index contributed by atoms with van der Waals surface area (Å²) < 4.78 is 0. The molecule has 1 aliphatic heterocycles. The number of carbonyl (C=O) groups excluding carboxylic acids is 2. The van der Waals surface area contributed by atoms with Gasteiger partial charge in [-0.3, -0.25) is 4.79 Å². The molecule has 3 heteroatoms. The van der Waals surface area contributed by atoms with E-state index in [9.17, 15) is 9.59 Å². The Hall–Kier alpha value is -0.860. The number of nitrogens with zero attached hydrogens (tertiary/aromatic N) is 1. The summed E-state index contributed by atoms with van der Waals surface area (Å²) in [4.78, 5) is 24.0. The summed E-state index contributed by atoms with van der Waals surface area (Å²) in [5, 5.41) is 0. The number of Topliss-reactive ketones (excluding diaryl/α,β-unsaturated/α-hetero) is 1. The topological polar surface area (TPSA) is 37.4 Å². The molecule has 1 aliphatic rings. The van der Waals surface area contributed by atoms with Gasteiger partial charge in [-0.2, -0.15) is 0 Å². The summed E-state index contributed by atoms with van der Waals surface area (Å²) >= 11 is 0. The fraction of sp³-hybridized carbons (Fsp3) is 0.800. The van der Waals surface area contributed by atoms with Gasteiger partial charge >= 0.3 is 0 Å². The van der Waals surface area contributed by atoms with Crippen molar-refractivity contribution in [3.05, 3.63) is 0 Å². The van der Waals surface area contributed by atoms with Crippen molar-refractivity contribution in [1.82, 2.24) is 4.90 Å². The molecule has 0 unspecified atom stereocenters. The van der Waals surface area contributed by atoms with Gasteiger partial charge in [-0.15, -0.1) is 0 Å². The molecule has 0 aromatic rings. The van der Waals surface area contributed by atoms with Crippen molar-refractivity contribution in [2.45, 2.75) is 27.2 Å². The molecule has 1 fully saturated rings. The number of likely N-dealkylation sites (tertiary alicyclic amines) is 1. The second-order valence-electron chi connectivity index (χ2n) is 4.17. The highest BCUT2D eigenvalue weighted by molar-refractivity contribution is 5.80. The molecule has 1 rings (SSSR count). The summed E-state index contributed by atoms with van der Waals surface area (Å²) in [6, 6.07) is 0. The number of ketones is 1. The Labute approximate surface area is 79.1 Å². The Morgan fingerprint density at radius 1 is 1.38 bits per heavy atom. The van der Waals surface area contributed by atoms with E-state index >= 15 is 0 Å². The van der Waals surface area contributed by atoms with Crippen molar-refractivity contribution in [2.75, 3.05) is 13.1 Å². The molecule has 0 saturated carbocycles. The maximum atomic E-state index is 11.4. The lowest BCUT2D eigenvalue weighted by atomic mass is 9.93. The Kier molecular flexibility index (Phi) is 3.07. The van der Waals surface area contributed by atoms with E-state index in [0.717, 1.165) is 13.1 Å². The van der Waals surface area contributed by atoms with Gasteiger partial charge in [0.2, 0.25) is 5.91 Å². The molecule has 1 amide bonds. The van der Waals surface area contributed by atoms with Crippen LogP contribution in [0, 0.1) is 11.8 Å². The largest absolute Gasteiger partial charge is 0.342 e. The molecule has 0 spiro atoms. The lowest BCUT2D eigenvalue weighted by Gasteiger charge is -2.39. The van der Waals surface area contributed by atoms with Gasteiger partial charge in [0.1, 0.15) is 5.78 Å². The fourth-order valence-corrected chi connectivity index (χ4v) is 1.65. The van der Waals surface area contributed by atoms with E-state index in [1.165, 1.54) is 0 Å². The molecule has 0 aromatic heterocycles. The minimum atomic E-state index is 0.0817. The molecular formula is C10H17NO2. The summed E-state index contributed by atoms with van der Waals surface area (Å²) in [6.45, 7) is 6.96. The van der Waals surface area contributed by atoms with Gasteiger partial charge in [0.15, 0.2) is 0 Å². The van der Waals surface area contributed by atoms with Gasteiger partial charge < -0.3 is 9.69 Å². The van der Waals surface area contributed by atoms with E-state index in [4.69, 9.17) is 0 Å². The first-order valence-electron chi connectivity index (χ1n) is 4.79. The molecule has 0 radical (unpaired) electrons. The van der Waals surface area contributed by atoms with E-state index in [1.807, 2.05) is 18.7 Å². The van der Waals surface area contributed by atoms with Crippen molar-refractivity contribution < 1.29 is 9.59 Å². The van der Waals surface area contributed by atoms with Crippen molar-refractivity contribution in [3.63, 3.8) is 0 Å². The van der Waals surface area contributed by atoms with Crippen LogP contribution in [0.25, 0.3) is 0 Å². The Bertz CT molecular complexity index is 217. The average Bonchev–Trinajstić information content (AvgIpc) is 1.94. The summed E-state index contributed by atoms with van der Waals surface area (Å²) in [7, 11) is 0. The maximum absolute atomic E-state index is 11.4. The zero-order valence-electron chi connectivity index (χ0n) is 8.54. The lowest BCUT2D eigenvalue weighted by molar-refractivity contribution is -0.142. The number of hydrogen-bond donors (Lipinski definition) is 0. The SMILES string of the molecule is CC(=O)CC1CN(C(=O)C(C)C)C1. The third kappa shape index (κ3) is 2.54. The molecular weight excluding hydrogens is 166 g/mol. The molecule has 1 heterocycles. The van der Waals surface area contributed by atoms with Gasteiger partial charge in [0.05, 0.1) is 0 Å². The second-order valence-corrected chi connectivity index (χ2v) is 4.17. The van der Waals surface area contributed by atoms with Crippen LogP contribution in [0.15, 0.2) is 0 Å². The standard InChI is InChI=1S/C10H17NO2/c1-7(2)10(13)11-5-9(6-11)4-8(3)12/h7,9H,4-6H2,1-3H3. The molecule has 74 valence electrons. The van der Waals surface area contributed by atoms with E-state index in [0.29, 0.717) is 12.3 Å². The van der Waals surface area contributed by atoms with Crippen LogP contribution in [0.5, 0.6) is 0 Å². The van der Waals surface area contributed by atoms with E-state index < -0.39 is 0 Å². The summed E-state index contributed by atoms with van der Waals surface area (Å²) in [5.41, 5.74) is 0. The number of rotatable bonds is 3. The summed E-state index contributed by atoms with van der Waals surface area (Å²) in [6.07, 6.45) is 0.627. The first-order chi connectivity index (χ1) is 6.00. The smallest absolute Gasteiger partial charge is 0.225 e. The van der Waals surface area contributed by atoms with E-state index in [-0.39, 0.29) is 17.6 Å². The number of amides is 1. The average molecular weight is 183 g/mol. The van der Waals surface area contributed by atoms with Crippen LogP contribution in [0.4, 0.5) is 0 Å². The van der Waals surface area contributed by atoms with Crippen LogP contribution in [-0.4, -0.2) is 29.7 Å². The normalized spacial score (nSPS) is 17.4. The van der Waals surface area contributed by atoms with Gasteiger partial charge in [-0.1, -0.05) is 13.8 Å². The predicted molar refractivity (Wildman–Crippen MR) is 50.2 cm³/mol. The van der Waals surface area contributed by atoms with Gasteiger partial charge in [0.25, 0.3) is 0 Å². The summed E-state index contributed by atoms with van der Waals surface area (Å²) in [5.74, 6) is 0.930. The van der Waals surface area contributed by atoms with Crippen molar-refractivity contribution in [1.29, 1.82) is 0 Å². The zero-order valence-corrected chi connectivity index (χ0v) is 8.54. The third-order valence-electron chi connectivity index (χ3n) is 2.34. The molecule has 0 atom stereocenters. The maximum Gasteiger partial charge on any atom is 0.225 e. The molecule has 1 saturated heterocycles. The molecule has 13 heavy (non-hydrogen) atoms. The third-order valence-corrected chi connectivity index (χ3v) is 2.34. The molecule has 0 N–H and O–H groups in total. The molecule has 0 aliphatic carbocycles. The Morgan fingerprint density at radius 3 is 2.31 bits per heavy atom. The number of carbonyl (C=O) groups is 2. The molecule has 0 aromatic carbocycles. The van der Waals surface area contributed by atoms with Crippen molar-refractivity contribution >= 4 is 11.7 Å². The van der Waals surface area contributed by atoms with Crippen LogP contribution in [0.2, 0.25) is 0 Å².